The number of fused-ring (bicyclic) bond motifs is 1. The highest BCUT2D eigenvalue weighted by Crippen LogP contribution is 2.21. The van der Waals surface area contributed by atoms with Crippen LogP contribution in [0.15, 0.2) is 53.1 Å². The molecule has 0 unspecified atom stereocenters. The fraction of sp³-hybridized carbons (Fsp3) is 0. The van der Waals surface area contributed by atoms with Crippen LogP contribution in [0.5, 0.6) is 0 Å². The predicted molar refractivity (Wildman–Crippen MR) is 63.8 cm³/mol. The Morgan fingerprint density at radius 3 is 2.78 bits per heavy atom. The van der Waals surface area contributed by atoms with Crippen LogP contribution < -0.4 is 0 Å². The normalized spacial score (nSPS) is 10.7. The maximum Gasteiger partial charge on any atom is 0.249 e. The number of furan rings is 1. The van der Waals surface area contributed by atoms with E-state index < -0.39 is 11.6 Å². The third-order valence-electron chi connectivity index (χ3n) is 2.62. The lowest BCUT2D eigenvalue weighted by atomic mass is 10.2. The summed E-state index contributed by atoms with van der Waals surface area (Å²) in [6.07, 6.45) is 1.37. The highest BCUT2D eigenvalue weighted by atomic mass is 19.1. The lowest BCUT2D eigenvalue weighted by Gasteiger charge is -1.97. The van der Waals surface area contributed by atoms with E-state index in [2.05, 4.69) is 4.98 Å². The first-order valence-corrected chi connectivity index (χ1v) is 5.39. The summed E-state index contributed by atoms with van der Waals surface area (Å²) in [5.41, 5.74) is 0.369. The maximum absolute atomic E-state index is 13.5. The summed E-state index contributed by atoms with van der Waals surface area (Å²) in [5, 5.41) is 0.803. The Kier molecular flexibility index (Phi) is 2.41. The number of carbonyl (C=O) groups is 1. The minimum absolute atomic E-state index is 0.0915. The van der Waals surface area contributed by atoms with Gasteiger partial charge in [0.15, 0.2) is 11.6 Å². The van der Waals surface area contributed by atoms with Gasteiger partial charge in [-0.2, -0.15) is 0 Å². The van der Waals surface area contributed by atoms with Gasteiger partial charge in [-0.15, -0.1) is 0 Å². The first-order chi connectivity index (χ1) is 8.75. The molecular weight excluding hydrogens is 233 g/mol. The van der Waals surface area contributed by atoms with E-state index in [-0.39, 0.29) is 11.5 Å². The Morgan fingerprint density at radius 1 is 1.17 bits per heavy atom. The van der Waals surface area contributed by atoms with Gasteiger partial charge in [-0.05, 0) is 24.3 Å². The molecular formula is C14H8FNO2. The van der Waals surface area contributed by atoms with Crippen LogP contribution >= 0.6 is 0 Å². The lowest BCUT2D eigenvalue weighted by molar-refractivity contribution is 0.100. The van der Waals surface area contributed by atoms with Crippen molar-refractivity contribution in [2.24, 2.45) is 0 Å². The van der Waals surface area contributed by atoms with Crippen molar-refractivity contribution in [3.05, 3.63) is 65.9 Å². The summed E-state index contributed by atoms with van der Waals surface area (Å²) in [6.45, 7) is 0. The maximum atomic E-state index is 13.5. The van der Waals surface area contributed by atoms with Crippen molar-refractivity contribution in [3.8, 4) is 0 Å². The van der Waals surface area contributed by atoms with E-state index in [1.165, 1.54) is 18.3 Å². The van der Waals surface area contributed by atoms with Crippen LogP contribution in [0, 0.1) is 5.82 Å². The average Bonchev–Trinajstić information content (AvgIpc) is 2.82. The van der Waals surface area contributed by atoms with E-state index in [1.54, 1.807) is 18.2 Å². The van der Waals surface area contributed by atoms with Crippen molar-refractivity contribution in [1.82, 2.24) is 4.98 Å². The second-order valence-electron chi connectivity index (χ2n) is 3.81. The first kappa shape index (κ1) is 10.7. The van der Waals surface area contributed by atoms with Crippen LogP contribution in [0.25, 0.3) is 11.0 Å². The van der Waals surface area contributed by atoms with E-state index in [0.717, 1.165) is 5.39 Å². The second-order valence-corrected chi connectivity index (χ2v) is 3.81. The molecule has 0 saturated carbocycles. The Morgan fingerprint density at radius 2 is 2.00 bits per heavy atom. The molecule has 0 saturated heterocycles. The van der Waals surface area contributed by atoms with Gasteiger partial charge in [-0.1, -0.05) is 18.2 Å². The largest absolute Gasteiger partial charge is 0.453 e. The second kappa shape index (κ2) is 4.07. The first-order valence-electron chi connectivity index (χ1n) is 5.39. The van der Waals surface area contributed by atoms with E-state index in [1.807, 2.05) is 12.1 Å². The van der Waals surface area contributed by atoms with Crippen molar-refractivity contribution in [3.63, 3.8) is 0 Å². The number of halogens is 1. The molecule has 3 aromatic rings. The Hall–Kier alpha value is -2.49. The molecule has 88 valence electrons. The van der Waals surface area contributed by atoms with Gasteiger partial charge < -0.3 is 4.42 Å². The molecule has 2 heterocycles. The number of nitrogens with zero attached hydrogens (tertiary/aromatic N) is 1. The van der Waals surface area contributed by atoms with Crippen molar-refractivity contribution in [1.29, 1.82) is 0 Å². The van der Waals surface area contributed by atoms with E-state index in [0.29, 0.717) is 5.58 Å². The molecule has 0 N–H and O–H groups in total. The molecule has 0 bridgehead atoms. The number of pyridine rings is 1. The van der Waals surface area contributed by atoms with Crippen molar-refractivity contribution >= 4 is 16.8 Å². The van der Waals surface area contributed by atoms with Crippen molar-refractivity contribution in [2.75, 3.05) is 0 Å². The fourth-order valence-electron chi connectivity index (χ4n) is 1.76. The van der Waals surface area contributed by atoms with Gasteiger partial charge in [0.25, 0.3) is 0 Å². The van der Waals surface area contributed by atoms with Gasteiger partial charge in [-0.3, -0.25) is 4.79 Å². The summed E-state index contributed by atoms with van der Waals surface area (Å²) in [5.74, 6) is -1.11. The number of benzene rings is 1. The number of hydrogen-bond donors (Lipinski definition) is 0. The number of carbonyl (C=O) groups excluding carboxylic acids is 1. The fourth-order valence-corrected chi connectivity index (χ4v) is 1.76. The Bertz CT molecular complexity index is 700. The van der Waals surface area contributed by atoms with Crippen LogP contribution in [0.2, 0.25) is 0 Å². The number of ketones is 1. The van der Waals surface area contributed by atoms with E-state index in [9.17, 15) is 9.18 Å². The van der Waals surface area contributed by atoms with Gasteiger partial charge in [0.05, 0.1) is 0 Å². The molecule has 1 aromatic carbocycles. The van der Waals surface area contributed by atoms with Gasteiger partial charge in [0.2, 0.25) is 5.78 Å². The molecule has 0 spiro atoms. The predicted octanol–water partition coefficient (Wildman–Crippen LogP) is 3.20. The average molecular weight is 241 g/mol. The Balaban J connectivity index is 2.10. The van der Waals surface area contributed by atoms with Crippen molar-refractivity contribution < 1.29 is 13.6 Å². The quantitative estimate of drug-likeness (QED) is 0.647. The lowest BCUT2D eigenvalue weighted by Crippen LogP contribution is -2.05. The zero-order chi connectivity index (χ0) is 12.5. The summed E-state index contributed by atoms with van der Waals surface area (Å²) in [7, 11) is 0. The minimum atomic E-state index is -0.650. The van der Waals surface area contributed by atoms with Crippen LogP contribution in [-0.4, -0.2) is 10.8 Å². The van der Waals surface area contributed by atoms with Gasteiger partial charge in [0, 0.05) is 11.6 Å². The zero-order valence-corrected chi connectivity index (χ0v) is 9.26. The summed E-state index contributed by atoms with van der Waals surface area (Å²) in [6, 6.07) is 11.4. The standard InChI is InChI=1S/C14H8FNO2/c15-10-5-3-7-16-13(10)14(17)12-8-9-4-1-2-6-11(9)18-12/h1-8H. The molecule has 0 amide bonds. The molecule has 3 nitrogen and oxygen atoms in total. The molecule has 0 fully saturated rings. The molecule has 2 aromatic heterocycles. The van der Waals surface area contributed by atoms with Gasteiger partial charge in [-0.25, -0.2) is 9.37 Å². The van der Waals surface area contributed by atoms with Gasteiger partial charge in [0.1, 0.15) is 11.3 Å². The summed E-state index contributed by atoms with van der Waals surface area (Å²) < 4.78 is 18.8. The number of hydrogen-bond acceptors (Lipinski definition) is 3. The van der Waals surface area contributed by atoms with Crippen LogP contribution in [0.1, 0.15) is 16.2 Å². The molecule has 18 heavy (non-hydrogen) atoms. The third kappa shape index (κ3) is 1.68. The summed E-state index contributed by atoms with van der Waals surface area (Å²) >= 11 is 0. The van der Waals surface area contributed by atoms with Crippen LogP contribution in [-0.2, 0) is 0 Å². The monoisotopic (exact) mass is 241 g/mol. The highest BCUT2D eigenvalue weighted by molar-refractivity contribution is 6.07. The SMILES string of the molecule is O=C(c1cc2ccccc2o1)c1ncccc1F. The van der Waals surface area contributed by atoms with Gasteiger partial charge >= 0.3 is 0 Å². The number of rotatable bonds is 2. The molecule has 0 aliphatic rings. The Labute approximate surface area is 102 Å². The highest BCUT2D eigenvalue weighted by Gasteiger charge is 2.19. The molecule has 0 aliphatic carbocycles. The summed E-state index contributed by atoms with van der Waals surface area (Å²) in [4.78, 5) is 15.8. The molecule has 0 aliphatic heterocycles. The number of para-hydroxylation sites is 1. The molecule has 4 heteroatoms. The number of aromatic nitrogens is 1. The topological polar surface area (TPSA) is 43.1 Å². The van der Waals surface area contributed by atoms with E-state index in [4.69, 9.17) is 4.42 Å². The molecule has 3 rings (SSSR count). The van der Waals surface area contributed by atoms with Crippen molar-refractivity contribution in [2.45, 2.75) is 0 Å². The van der Waals surface area contributed by atoms with Crippen LogP contribution in [0.3, 0.4) is 0 Å². The minimum Gasteiger partial charge on any atom is -0.453 e. The zero-order valence-electron chi connectivity index (χ0n) is 9.26. The third-order valence-corrected chi connectivity index (χ3v) is 2.62. The van der Waals surface area contributed by atoms with Crippen LogP contribution in [0.4, 0.5) is 4.39 Å². The molecule has 0 atom stereocenters. The smallest absolute Gasteiger partial charge is 0.249 e. The van der Waals surface area contributed by atoms with E-state index >= 15 is 0 Å². The molecule has 0 radical (unpaired) electrons.